The third-order valence-corrected chi connectivity index (χ3v) is 5.24. The van der Waals surface area contributed by atoms with Gasteiger partial charge in [-0.25, -0.2) is 8.42 Å². The van der Waals surface area contributed by atoms with Crippen LogP contribution in [0.5, 0.6) is 0 Å². The first-order chi connectivity index (χ1) is 4.96. The van der Waals surface area contributed by atoms with Crippen LogP contribution in [0, 0.1) is 0 Å². The van der Waals surface area contributed by atoms with Gasteiger partial charge >= 0.3 is 0 Å². The molecule has 0 aromatic heterocycles. The molecule has 0 bridgehead atoms. The first kappa shape index (κ1) is 9.00. The van der Waals surface area contributed by atoms with Gasteiger partial charge in [-0.3, -0.25) is 0 Å². The summed E-state index contributed by atoms with van der Waals surface area (Å²) in [4.78, 5) is 0. The highest BCUT2D eigenvalue weighted by Gasteiger charge is 2.35. The van der Waals surface area contributed by atoms with Crippen molar-refractivity contribution in [2.24, 2.45) is 0 Å². The van der Waals surface area contributed by atoms with Crippen LogP contribution in [-0.2, 0) is 9.84 Å². The standard InChI is InChI=1S/C7H15NO2S/c1-5-4-8-6(2)7(3)11(5,9)10/h5-8H,4H2,1-3H3. The maximum atomic E-state index is 11.5. The molecule has 0 radical (unpaired) electrons. The quantitative estimate of drug-likeness (QED) is 0.574. The van der Waals surface area contributed by atoms with Crippen LogP contribution < -0.4 is 5.32 Å². The molecule has 0 saturated carbocycles. The van der Waals surface area contributed by atoms with E-state index in [-0.39, 0.29) is 16.5 Å². The van der Waals surface area contributed by atoms with Gasteiger partial charge in [-0.15, -0.1) is 0 Å². The van der Waals surface area contributed by atoms with Crippen molar-refractivity contribution in [3.05, 3.63) is 0 Å². The molecule has 1 N–H and O–H groups in total. The van der Waals surface area contributed by atoms with Gasteiger partial charge in [0.1, 0.15) is 0 Å². The van der Waals surface area contributed by atoms with Gasteiger partial charge in [0, 0.05) is 12.6 Å². The molecule has 3 atom stereocenters. The van der Waals surface area contributed by atoms with Gasteiger partial charge < -0.3 is 5.32 Å². The molecule has 1 fully saturated rings. The summed E-state index contributed by atoms with van der Waals surface area (Å²) < 4.78 is 23.0. The van der Waals surface area contributed by atoms with Gasteiger partial charge in [-0.05, 0) is 20.8 Å². The predicted molar refractivity (Wildman–Crippen MR) is 45.3 cm³/mol. The Morgan fingerprint density at radius 2 is 1.82 bits per heavy atom. The van der Waals surface area contributed by atoms with Crippen molar-refractivity contribution < 1.29 is 8.42 Å². The Kier molecular flexibility index (Phi) is 2.25. The molecule has 0 aromatic carbocycles. The smallest absolute Gasteiger partial charge is 0.158 e. The second-order valence-electron chi connectivity index (χ2n) is 3.30. The summed E-state index contributed by atoms with van der Waals surface area (Å²) in [5, 5.41) is 2.69. The molecular formula is C7H15NO2S. The summed E-state index contributed by atoms with van der Waals surface area (Å²) in [7, 11) is -2.85. The van der Waals surface area contributed by atoms with E-state index in [2.05, 4.69) is 5.32 Å². The molecule has 1 rings (SSSR count). The molecule has 1 aliphatic heterocycles. The van der Waals surface area contributed by atoms with Gasteiger partial charge in [0.2, 0.25) is 0 Å². The van der Waals surface area contributed by atoms with Crippen LogP contribution in [-0.4, -0.2) is 31.5 Å². The lowest BCUT2D eigenvalue weighted by Crippen LogP contribution is -2.53. The van der Waals surface area contributed by atoms with Crippen molar-refractivity contribution in [2.75, 3.05) is 6.54 Å². The third kappa shape index (κ3) is 1.42. The van der Waals surface area contributed by atoms with E-state index in [1.54, 1.807) is 13.8 Å². The van der Waals surface area contributed by atoms with Crippen molar-refractivity contribution in [1.29, 1.82) is 0 Å². The topological polar surface area (TPSA) is 46.2 Å². The molecule has 4 heteroatoms. The van der Waals surface area contributed by atoms with E-state index in [9.17, 15) is 8.42 Å². The first-order valence-corrected chi connectivity index (χ1v) is 5.53. The highest BCUT2D eigenvalue weighted by molar-refractivity contribution is 7.92. The lowest BCUT2D eigenvalue weighted by molar-refractivity contribution is 0.468. The zero-order chi connectivity index (χ0) is 8.65. The van der Waals surface area contributed by atoms with Crippen LogP contribution in [0.25, 0.3) is 0 Å². The summed E-state index contributed by atoms with van der Waals surface area (Å²) >= 11 is 0. The average molecular weight is 177 g/mol. The maximum Gasteiger partial charge on any atom is 0.158 e. The molecule has 0 aliphatic carbocycles. The minimum absolute atomic E-state index is 0.0937. The lowest BCUT2D eigenvalue weighted by Gasteiger charge is -2.31. The molecule has 0 aromatic rings. The van der Waals surface area contributed by atoms with Crippen LogP contribution in [0.2, 0.25) is 0 Å². The Morgan fingerprint density at radius 1 is 1.27 bits per heavy atom. The Hall–Kier alpha value is -0.0900. The Morgan fingerprint density at radius 3 is 2.27 bits per heavy atom. The third-order valence-electron chi connectivity index (χ3n) is 2.51. The first-order valence-electron chi connectivity index (χ1n) is 3.92. The number of hydrogen-bond acceptors (Lipinski definition) is 3. The summed E-state index contributed by atoms with van der Waals surface area (Å²) in [5.74, 6) is 0. The van der Waals surface area contributed by atoms with Gasteiger partial charge in [0.15, 0.2) is 9.84 Å². The van der Waals surface area contributed by atoms with Crippen molar-refractivity contribution in [3.63, 3.8) is 0 Å². The number of rotatable bonds is 0. The van der Waals surface area contributed by atoms with E-state index < -0.39 is 9.84 Å². The Labute approximate surface area is 68.1 Å². The molecule has 1 saturated heterocycles. The van der Waals surface area contributed by atoms with Crippen LogP contribution in [0.15, 0.2) is 0 Å². The van der Waals surface area contributed by atoms with Gasteiger partial charge in [0.05, 0.1) is 10.5 Å². The average Bonchev–Trinajstić information content (AvgIpc) is 1.95. The van der Waals surface area contributed by atoms with Crippen LogP contribution in [0.1, 0.15) is 20.8 Å². The number of nitrogens with one attached hydrogen (secondary N) is 1. The highest BCUT2D eigenvalue weighted by atomic mass is 32.2. The molecule has 0 spiro atoms. The number of sulfone groups is 1. The van der Waals surface area contributed by atoms with Gasteiger partial charge in [-0.2, -0.15) is 0 Å². The SMILES string of the molecule is CC1NCC(C)S(=O)(=O)C1C. The summed E-state index contributed by atoms with van der Waals surface area (Å²) in [6, 6.07) is 0.0937. The van der Waals surface area contributed by atoms with Crippen molar-refractivity contribution >= 4 is 9.84 Å². The van der Waals surface area contributed by atoms with E-state index in [0.29, 0.717) is 6.54 Å². The van der Waals surface area contributed by atoms with Gasteiger partial charge in [0.25, 0.3) is 0 Å². The molecule has 3 nitrogen and oxygen atoms in total. The summed E-state index contributed by atoms with van der Waals surface area (Å²) in [6.45, 7) is 6.02. The van der Waals surface area contributed by atoms with Gasteiger partial charge in [-0.1, -0.05) is 0 Å². The highest BCUT2D eigenvalue weighted by Crippen LogP contribution is 2.16. The van der Waals surface area contributed by atoms with Crippen LogP contribution in [0.4, 0.5) is 0 Å². The monoisotopic (exact) mass is 177 g/mol. The molecule has 0 amide bonds. The molecular weight excluding hydrogens is 162 g/mol. The second kappa shape index (κ2) is 2.75. The molecule has 1 heterocycles. The molecule has 11 heavy (non-hydrogen) atoms. The minimum Gasteiger partial charge on any atom is -0.312 e. The largest absolute Gasteiger partial charge is 0.312 e. The normalized spacial score (nSPS) is 43.7. The fraction of sp³-hybridized carbons (Fsp3) is 1.00. The fourth-order valence-electron chi connectivity index (χ4n) is 1.28. The Bertz CT molecular complexity index is 235. The molecule has 3 unspecified atom stereocenters. The zero-order valence-electron chi connectivity index (χ0n) is 7.16. The minimum atomic E-state index is -2.85. The Balaban J connectivity index is 2.90. The second-order valence-corrected chi connectivity index (χ2v) is 6.03. The van der Waals surface area contributed by atoms with Crippen molar-refractivity contribution in [3.8, 4) is 0 Å². The van der Waals surface area contributed by atoms with E-state index in [4.69, 9.17) is 0 Å². The summed E-state index contributed by atoms with van der Waals surface area (Å²) in [5.41, 5.74) is 0. The fourth-order valence-corrected chi connectivity index (χ4v) is 3.01. The van der Waals surface area contributed by atoms with E-state index in [0.717, 1.165) is 0 Å². The van der Waals surface area contributed by atoms with Crippen molar-refractivity contribution in [2.45, 2.75) is 37.3 Å². The van der Waals surface area contributed by atoms with Crippen molar-refractivity contribution in [1.82, 2.24) is 5.32 Å². The van der Waals surface area contributed by atoms with E-state index in [1.165, 1.54) is 0 Å². The maximum absolute atomic E-state index is 11.5. The van der Waals surface area contributed by atoms with E-state index in [1.807, 2.05) is 6.92 Å². The number of hydrogen-bond donors (Lipinski definition) is 1. The molecule has 66 valence electrons. The van der Waals surface area contributed by atoms with E-state index >= 15 is 0 Å². The van der Waals surface area contributed by atoms with Crippen LogP contribution in [0.3, 0.4) is 0 Å². The zero-order valence-corrected chi connectivity index (χ0v) is 7.98. The predicted octanol–water partition coefficient (Wildman–Crippen LogP) is 0.170. The summed E-state index contributed by atoms with van der Waals surface area (Å²) in [6.07, 6.45) is 0. The molecule has 1 aliphatic rings. The lowest BCUT2D eigenvalue weighted by atomic mass is 10.2. The van der Waals surface area contributed by atoms with Crippen LogP contribution >= 0.6 is 0 Å².